The summed E-state index contributed by atoms with van der Waals surface area (Å²) < 4.78 is 6.84. The number of aromatic hydroxyl groups is 1. The second kappa shape index (κ2) is 5.26. The molecule has 1 aliphatic heterocycles. The summed E-state index contributed by atoms with van der Waals surface area (Å²) in [6, 6.07) is 11.9. The minimum absolute atomic E-state index is 0.196. The van der Waals surface area contributed by atoms with Crippen LogP contribution in [0.15, 0.2) is 36.4 Å². The van der Waals surface area contributed by atoms with Crippen molar-refractivity contribution in [1.82, 2.24) is 9.88 Å². The molecule has 4 nitrogen and oxygen atoms in total. The van der Waals surface area contributed by atoms with E-state index in [0.29, 0.717) is 12.4 Å². The maximum Gasteiger partial charge on any atom is 0.165 e. The lowest BCUT2D eigenvalue weighted by Crippen LogP contribution is -2.20. The Labute approximate surface area is 132 Å². The molecule has 0 spiro atoms. The summed E-state index contributed by atoms with van der Waals surface area (Å²) in [6.07, 6.45) is 0. The topological polar surface area (TPSA) is 45.6 Å². The number of ether oxygens (including phenoxy) is 1. The van der Waals surface area contributed by atoms with Gasteiger partial charge in [-0.05, 0) is 31.3 Å². The third-order valence-corrected chi connectivity index (χ3v) is 4.93. The summed E-state index contributed by atoms with van der Waals surface area (Å²) in [6.45, 7) is 2.21. The lowest BCUT2D eigenvalue weighted by Gasteiger charge is -2.12. The van der Waals surface area contributed by atoms with Crippen molar-refractivity contribution < 1.29 is 9.84 Å². The van der Waals surface area contributed by atoms with Crippen molar-refractivity contribution in [2.45, 2.75) is 6.54 Å². The number of hydrogen-bond donors (Lipinski definition) is 1. The number of phenolic OH excluding ortho intramolecular Hbond substituents is 1. The SMILES string of the molecule is CN1CCOc2c(O)cc(-c3nc4ccccc4s3)cc2C1. The second-order valence-electron chi connectivity index (χ2n) is 5.56. The number of para-hydroxylation sites is 1. The number of thiazole rings is 1. The Balaban J connectivity index is 1.83. The maximum atomic E-state index is 10.3. The molecule has 22 heavy (non-hydrogen) atoms. The summed E-state index contributed by atoms with van der Waals surface area (Å²) in [7, 11) is 2.06. The van der Waals surface area contributed by atoms with Crippen LogP contribution in [0.25, 0.3) is 20.8 Å². The van der Waals surface area contributed by atoms with Gasteiger partial charge in [0.2, 0.25) is 0 Å². The normalized spacial score (nSPS) is 15.3. The van der Waals surface area contributed by atoms with Gasteiger partial charge in [0.05, 0.1) is 10.2 Å². The highest BCUT2D eigenvalue weighted by atomic mass is 32.1. The molecule has 2 aromatic carbocycles. The van der Waals surface area contributed by atoms with E-state index in [1.54, 1.807) is 17.4 Å². The van der Waals surface area contributed by atoms with Gasteiger partial charge in [0.25, 0.3) is 0 Å². The zero-order valence-electron chi connectivity index (χ0n) is 12.2. The van der Waals surface area contributed by atoms with Crippen LogP contribution in [-0.4, -0.2) is 35.2 Å². The Morgan fingerprint density at radius 1 is 1.27 bits per heavy atom. The van der Waals surface area contributed by atoms with Gasteiger partial charge in [0, 0.05) is 24.2 Å². The van der Waals surface area contributed by atoms with E-state index in [1.165, 1.54) is 0 Å². The van der Waals surface area contributed by atoms with E-state index in [4.69, 9.17) is 4.74 Å². The maximum absolute atomic E-state index is 10.3. The third kappa shape index (κ3) is 2.32. The first-order chi connectivity index (χ1) is 10.7. The van der Waals surface area contributed by atoms with E-state index in [1.807, 2.05) is 18.2 Å². The summed E-state index contributed by atoms with van der Waals surface area (Å²) >= 11 is 1.64. The van der Waals surface area contributed by atoms with Crippen LogP contribution >= 0.6 is 11.3 Å². The Morgan fingerprint density at radius 3 is 3.00 bits per heavy atom. The highest BCUT2D eigenvalue weighted by Gasteiger charge is 2.19. The van der Waals surface area contributed by atoms with Crippen LogP contribution in [0.5, 0.6) is 11.5 Å². The van der Waals surface area contributed by atoms with Gasteiger partial charge >= 0.3 is 0 Å². The number of likely N-dealkylation sites (N-methyl/N-ethyl adjacent to an activating group) is 1. The summed E-state index contributed by atoms with van der Waals surface area (Å²) in [5, 5.41) is 11.2. The average Bonchev–Trinajstić information content (AvgIpc) is 2.84. The van der Waals surface area contributed by atoms with Crippen molar-refractivity contribution >= 4 is 21.6 Å². The van der Waals surface area contributed by atoms with Crippen molar-refractivity contribution in [3.8, 4) is 22.1 Å². The zero-order chi connectivity index (χ0) is 15.1. The van der Waals surface area contributed by atoms with E-state index in [-0.39, 0.29) is 5.75 Å². The number of rotatable bonds is 1. The molecule has 0 radical (unpaired) electrons. The quantitative estimate of drug-likeness (QED) is 0.747. The molecule has 112 valence electrons. The number of nitrogens with zero attached hydrogens (tertiary/aromatic N) is 2. The lowest BCUT2D eigenvalue weighted by atomic mass is 10.1. The Kier molecular flexibility index (Phi) is 3.24. The van der Waals surface area contributed by atoms with Crippen molar-refractivity contribution in [3.63, 3.8) is 0 Å². The summed E-state index contributed by atoms with van der Waals surface area (Å²) in [4.78, 5) is 6.86. The molecule has 0 fully saturated rings. The van der Waals surface area contributed by atoms with Crippen molar-refractivity contribution in [2.24, 2.45) is 0 Å². The van der Waals surface area contributed by atoms with Crippen LogP contribution in [0.1, 0.15) is 5.56 Å². The molecular formula is C17H16N2O2S. The molecule has 4 rings (SSSR count). The molecule has 5 heteroatoms. The minimum atomic E-state index is 0.196. The number of benzene rings is 2. The van der Waals surface area contributed by atoms with Gasteiger partial charge in [-0.2, -0.15) is 0 Å². The fourth-order valence-electron chi connectivity index (χ4n) is 2.75. The van der Waals surface area contributed by atoms with Gasteiger partial charge in [0.1, 0.15) is 11.6 Å². The molecule has 3 aromatic rings. The van der Waals surface area contributed by atoms with E-state index < -0.39 is 0 Å². The number of hydrogen-bond acceptors (Lipinski definition) is 5. The molecule has 0 amide bonds. The predicted molar refractivity (Wildman–Crippen MR) is 88.5 cm³/mol. The standard InChI is InChI=1S/C17H16N2O2S/c1-19-6-7-21-16-12(10-19)8-11(9-14(16)20)17-18-13-4-2-3-5-15(13)22-17/h2-5,8-9,20H,6-7,10H2,1H3. The molecule has 0 saturated heterocycles. The van der Waals surface area contributed by atoms with Gasteiger partial charge in [-0.15, -0.1) is 11.3 Å². The molecule has 2 heterocycles. The highest BCUT2D eigenvalue weighted by molar-refractivity contribution is 7.21. The molecule has 1 aliphatic rings. The van der Waals surface area contributed by atoms with E-state index in [0.717, 1.165) is 39.4 Å². The van der Waals surface area contributed by atoms with E-state index in [2.05, 4.69) is 29.1 Å². The highest BCUT2D eigenvalue weighted by Crippen LogP contribution is 2.39. The van der Waals surface area contributed by atoms with Crippen LogP contribution in [0, 0.1) is 0 Å². The predicted octanol–water partition coefficient (Wildman–Crippen LogP) is 3.49. The third-order valence-electron chi connectivity index (χ3n) is 3.85. The molecule has 0 aliphatic carbocycles. The number of fused-ring (bicyclic) bond motifs is 2. The largest absolute Gasteiger partial charge is 0.504 e. The number of phenols is 1. The Morgan fingerprint density at radius 2 is 2.14 bits per heavy atom. The van der Waals surface area contributed by atoms with Crippen molar-refractivity contribution in [1.29, 1.82) is 0 Å². The van der Waals surface area contributed by atoms with Crippen LogP contribution in [0.4, 0.5) is 0 Å². The lowest BCUT2D eigenvalue weighted by molar-refractivity contribution is 0.253. The van der Waals surface area contributed by atoms with Crippen LogP contribution in [-0.2, 0) is 6.54 Å². The van der Waals surface area contributed by atoms with Crippen molar-refractivity contribution in [2.75, 3.05) is 20.2 Å². The first-order valence-electron chi connectivity index (χ1n) is 7.24. The molecular weight excluding hydrogens is 296 g/mol. The fourth-order valence-corrected chi connectivity index (χ4v) is 3.70. The zero-order valence-corrected chi connectivity index (χ0v) is 13.1. The van der Waals surface area contributed by atoms with Gasteiger partial charge in [-0.25, -0.2) is 4.98 Å². The second-order valence-corrected chi connectivity index (χ2v) is 6.59. The van der Waals surface area contributed by atoms with Crippen LogP contribution in [0.2, 0.25) is 0 Å². The molecule has 0 saturated carbocycles. The average molecular weight is 312 g/mol. The monoisotopic (exact) mass is 312 g/mol. The van der Waals surface area contributed by atoms with Gasteiger partial charge in [0.15, 0.2) is 11.5 Å². The first-order valence-corrected chi connectivity index (χ1v) is 8.05. The minimum Gasteiger partial charge on any atom is -0.504 e. The summed E-state index contributed by atoms with van der Waals surface area (Å²) in [5.74, 6) is 0.802. The molecule has 0 bridgehead atoms. The van der Waals surface area contributed by atoms with Crippen LogP contribution < -0.4 is 4.74 Å². The molecule has 1 aromatic heterocycles. The number of aromatic nitrogens is 1. The smallest absolute Gasteiger partial charge is 0.165 e. The van der Waals surface area contributed by atoms with Gasteiger partial charge in [-0.3, -0.25) is 4.90 Å². The van der Waals surface area contributed by atoms with Crippen molar-refractivity contribution in [3.05, 3.63) is 42.0 Å². The molecule has 0 unspecified atom stereocenters. The Hall–Kier alpha value is -2.11. The first kappa shape index (κ1) is 13.5. The fraction of sp³-hybridized carbons (Fsp3) is 0.235. The molecule has 1 N–H and O–H groups in total. The molecule has 0 atom stereocenters. The summed E-state index contributed by atoms with van der Waals surface area (Å²) in [5.41, 5.74) is 2.94. The van der Waals surface area contributed by atoms with E-state index >= 15 is 0 Å². The van der Waals surface area contributed by atoms with E-state index in [9.17, 15) is 5.11 Å². The van der Waals surface area contributed by atoms with Crippen LogP contribution in [0.3, 0.4) is 0 Å². The van der Waals surface area contributed by atoms with Gasteiger partial charge in [-0.1, -0.05) is 12.1 Å². The Bertz CT molecular complexity index is 811. The van der Waals surface area contributed by atoms with Gasteiger partial charge < -0.3 is 9.84 Å².